The van der Waals surface area contributed by atoms with Gasteiger partial charge in [0.25, 0.3) is 0 Å². The summed E-state index contributed by atoms with van der Waals surface area (Å²) in [5.41, 5.74) is 3.56. The molecule has 1 aromatic rings. The van der Waals surface area contributed by atoms with Crippen LogP contribution in [0, 0.1) is 0 Å². The van der Waals surface area contributed by atoms with Gasteiger partial charge in [-0.3, -0.25) is 4.99 Å². The molecule has 0 aromatic heterocycles. The van der Waals surface area contributed by atoms with Gasteiger partial charge in [0.2, 0.25) is 0 Å². The summed E-state index contributed by atoms with van der Waals surface area (Å²) < 4.78 is 0. The van der Waals surface area contributed by atoms with Crippen molar-refractivity contribution in [2.75, 3.05) is 0 Å². The summed E-state index contributed by atoms with van der Waals surface area (Å²) in [5, 5.41) is 0. The molecule has 0 aliphatic heterocycles. The summed E-state index contributed by atoms with van der Waals surface area (Å²) in [5.74, 6) is 0.495. The zero-order chi connectivity index (χ0) is 11.3. The third kappa shape index (κ3) is 2.66. The second kappa shape index (κ2) is 5.30. The Hall–Kier alpha value is -1.63. The van der Waals surface area contributed by atoms with Crippen molar-refractivity contribution in [2.24, 2.45) is 4.99 Å². The molecule has 0 spiro atoms. The Morgan fingerprint density at radius 1 is 1.27 bits per heavy atom. The van der Waals surface area contributed by atoms with E-state index in [1.165, 1.54) is 11.8 Å². The summed E-state index contributed by atoms with van der Waals surface area (Å²) in [7, 11) is 0. The van der Waals surface area contributed by atoms with Crippen molar-refractivity contribution in [3.8, 4) is 0 Å². The van der Waals surface area contributed by atoms with E-state index in [1.807, 2.05) is 24.4 Å². The first kappa shape index (κ1) is 11.4. The fourth-order valence-electron chi connectivity index (χ4n) is 1.59. The first-order valence-electron chi connectivity index (χ1n) is 5.10. The molecule has 0 aliphatic carbocycles. The van der Waals surface area contributed by atoms with E-state index in [2.05, 4.69) is 38.1 Å². The smallest absolute Gasteiger partial charge is 0.0346 e. The largest absolute Gasteiger partial charge is 0.265 e. The molecule has 0 saturated heterocycles. The van der Waals surface area contributed by atoms with Gasteiger partial charge in [0.05, 0.1) is 0 Å². The molecule has 0 unspecified atom stereocenters. The molecule has 0 fully saturated rings. The molecular weight excluding hydrogens is 182 g/mol. The van der Waals surface area contributed by atoms with Gasteiger partial charge in [-0.2, -0.15) is 0 Å². The second-order valence-electron chi connectivity index (χ2n) is 3.67. The van der Waals surface area contributed by atoms with E-state index in [9.17, 15) is 0 Å². The topological polar surface area (TPSA) is 12.4 Å². The summed E-state index contributed by atoms with van der Waals surface area (Å²) in [6.45, 7) is 11.8. The van der Waals surface area contributed by atoms with Gasteiger partial charge in [0.1, 0.15) is 0 Å². The maximum Gasteiger partial charge on any atom is 0.0346 e. The van der Waals surface area contributed by atoms with E-state index in [-0.39, 0.29) is 0 Å². The van der Waals surface area contributed by atoms with Crippen LogP contribution < -0.4 is 0 Å². The van der Waals surface area contributed by atoms with Crippen molar-refractivity contribution < 1.29 is 0 Å². The summed E-state index contributed by atoms with van der Waals surface area (Å²) in [4.78, 5) is 4.04. The quantitative estimate of drug-likeness (QED) is 0.649. The molecule has 0 heterocycles. The molecule has 15 heavy (non-hydrogen) atoms. The number of aliphatic imine (C=N–C) groups is 1. The molecule has 1 aromatic carbocycles. The van der Waals surface area contributed by atoms with Crippen LogP contribution in [0.1, 0.15) is 36.5 Å². The van der Waals surface area contributed by atoms with E-state index >= 15 is 0 Å². The first-order chi connectivity index (χ1) is 7.20. The maximum atomic E-state index is 4.04. The molecule has 0 bridgehead atoms. The highest BCUT2D eigenvalue weighted by atomic mass is 14.7. The molecular formula is C14H17N. The minimum atomic E-state index is 0.495. The normalized spacial score (nSPS) is 10.9. The molecule has 0 radical (unpaired) electrons. The Labute approximate surface area is 91.9 Å². The maximum absolute atomic E-state index is 4.04. The van der Waals surface area contributed by atoms with Gasteiger partial charge < -0.3 is 0 Å². The third-order valence-electron chi connectivity index (χ3n) is 2.32. The Bertz CT molecular complexity index is 386. The van der Waals surface area contributed by atoms with Crippen molar-refractivity contribution >= 4 is 12.3 Å². The monoisotopic (exact) mass is 199 g/mol. The molecule has 0 saturated carbocycles. The first-order valence-corrected chi connectivity index (χ1v) is 5.10. The molecule has 78 valence electrons. The van der Waals surface area contributed by atoms with Gasteiger partial charge in [-0.1, -0.05) is 51.3 Å². The molecule has 0 N–H and O–H groups in total. The molecule has 0 amide bonds. The molecule has 1 rings (SSSR count). The third-order valence-corrected chi connectivity index (χ3v) is 2.32. The lowest BCUT2D eigenvalue weighted by Gasteiger charge is -2.11. The number of nitrogens with zero attached hydrogens (tertiary/aromatic N) is 1. The highest BCUT2D eigenvalue weighted by Crippen LogP contribution is 2.22. The van der Waals surface area contributed by atoms with E-state index in [0.717, 1.165) is 11.1 Å². The summed E-state index contributed by atoms with van der Waals surface area (Å²) >= 11 is 0. The lowest BCUT2D eigenvalue weighted by Crippen LogP contribution is -1.96. The predicted molar refractivity (Wildman–Crippen MR) is 68.4 cm³/mol. The lowest BCUT2D eigenvalue weighted by atomic mass is 9.94. The van der Waals surface area contributed by atoms with Crippen LogP contribution in [0.3, 0.4) is 0 Å². The van der Waals surface area contributed by atoms with Gasteiger partial charge in [-0.25, -0.2) is 0 Å². The van der Waals surface area contributed by atoms with Gasteiger partial charge in [-0.05, 0) is 17.0 Å². The van der Waals surface area contributed by atoms with Crippen LogP contribution in [-0.4, -0.2) is 6.21 Å². The van der Waals surface area contributed by atoms with Crippen LogP contribution in [0.25, 0.3) is 6.08 Å². The number of hydrogen-bond donors (Lipinski definition) is 0. The zero-order valence-corrected chi connectivity index (χ0v) is 9.40. The SMILES string of the molecule is C=C/N=C\c1cccc(C(C)C)c1C=C. The fourth-order valence-corrected chi connectivity index (χ4v) is 1.59. The van der Waals surface area contributed by atoms with Gasteiger partial charge in [0.15, 0.2) is 0 Å². The highest BCUT2D eigenvalue weighted by molar-refractivity contribution is 5.86. The number of benzene rings is 1. The van der Waals surface area contributed by atoms with Crippen LogP contribution in [0.2, 0.25) is 0 Å². The minimum Gasteiger partial charge on any atom is -0.265 e. The molecule has 0 atom stereocenters. The summed E-state index contributed by atoms with van der Waals surface area (Å²) in [6, 6.07) is 6.22. The highest BCUT2D eigenvalue weighted by Gasteiger charge is 2.06. The lowest BCUT2D eigenvalue weighted by molar-refractivity contribution is 0.864. The number of hydrogen-bond acceptors (Lipinski definition) is 1. The van der Waals surface area contributed by atoms with Crippen LogP contribution in [0.4, 0.5) is 0 Å². The standard InChI is InChI=1S/C14H17N/c1-5-13-12(10-15-6-2)8-7-9-14(13)11(3)4/h5-11H,1-2H2,3-4H3/b15-10-. The fraction of sp³-hybridized carbons (Fsp3) is 0.214. The molecule has 1 nitrogen and oxygen atoms in total. The van der Waals surface area contributed by atoms with E-state index < -0.39 is 0 Å². The molecule has 1 heteroatoms. The average molecular weight is 199 g/mol. The van der Waals surface area contributed by atoms with Gasteiger partial charge in [0, 0.05) is 18.0 Å². The van der Waals surface area contributed by atoms with Crippen LogP contribution in [-0.2, 0) is 0 Å². The number of rotatable bonds is 4. The Morgan fingerprint density at radius 3 is 2.53 bits per heavy atom. The van der Waals surface area contributed by atoms with Gasteiger partial charge >= 0.3 is 0 Å². The zero-order valence-electron chi connectivity index (χ0n) is 9.40. The van der Waals surface area contributed by atoms with E-state index in [4.69, 9.17) is 0 Å². The predicted octanol–water partition coefficient (Wildman–Crippen LogP) is 4.02. The molecule has 0 aliphatic rings. The van der Waals surface area contributed by atoms with Crippen molar-refractivity contribution in [1.29, 1.82) is 0 Å². The van der Waals surface area contributed by atoms with Crippen molar-refractivity contribution in [3.05, 3.63) is 54.2 Å². The Morgan fingerprint density at radius 2 is 2.00 bits per heavy atom. The Balaban J connectivity index is 3.27. The van der Waals surface area contributed by atoms with Crippen LogP contribution in [0.15, 0.2) is 42.5 Å². The van der Waals surface area contributed by atoms with Crippen molar-refractivity contribution in [3.63, 3.8) is 0 Å². The van der Waals surface area contributed by atoms with Gasteiger partial charge in [-0.15, -0.1) is 0 Å². The average Bonchev–Trinajstić information content (AvgIpc) is 2.25. The second-order valence-corrected chi connectivity index (χ2v) is 3.67. The van der Waals surface area contributed by atoms with Crippen molar-refractivity contribution in [1.82, 2.24) is 0 Å². The van der Waals surface area contributed by atoms with E-state index in [0.29, 0.717) is 5.92 Å². The van der Waals surface area contributed by atoms with Crippen LogP contribution in [0.5, 0.6) is 0 Å². The van der Waals surface area contributed by atoms with Crippen LogP contribution >= 0.6 is 0 Å². The van der Waals surface area contributed by atoms with E-state index in [1.54, 1.807) is 0 Å². The van der Waals surface area contributed by atoms with Crippen molar-refractivity contribution in [2.45, 2.75) is 19.8 Å². The summed E-state index contributed by atoms with van der Waals surface area (Å²) in [6.07, 6.45) is 5.24. The Kier molecular flexibility index (Phi) is 4.04. The minimum absolute atomic E-state index is 0.495.